The number of hydrogen-bond donors (Lipinski definition) is 1. The molecule has 0 fully saturated rings. The normalized spacial score (nSPS) is 9.95. The maximum absolute atomic E-state index is 13.9. The van der Waals surface area contributed by atoms with Crippen molar-refractivity contribution in [1.82, 2.24) is 4.57 Å². The van der Waals surface area contributed by atoms with E-state index in [1.54, 1.807) is 6.07 Å². The van der Waals surface area contributed by atoms with Crippen LogP contribution in [0.2, 0.25) is 0 Å². The topological polar surface area (TPSA) is 81.0 Å². The fraction of sp³-hybridized carbons (Fsp3) is 0.0769. The van der Waals surface area contributed by atoms with Crippen LogP contribution >= 0.6 is 0 Å². The molecule has 2 aromatic rings. The number of carbonyl (C=O) groups is 1. The van der Waals surface area contributed by atoms with Gasteiger partial charge in [-0.15, -0.1) is 0 Å². The van der Waals surface area contributed by atoms with Gasteiger partial charge < -0.3 is 15.0 Å². The van der Waals surface area contributed by atoms with Gasteiger partial charge in [0.2, 0.25) is 0 Å². The molecule has 0 spiro atoms. The van der Waals surface area contributed by atoms with E-state index in [-0.39, 0.29) is 22.6 Å². The van der Waals surface area contributed by atoms with Gasteiger partial charge in [-0.2, -0.15) is 5.26 Å². The van der Waals surface area contributed by atoms with Crippen molar-refractivity contribution in [3.8, 4) is 11.8 Å². The number of methoxy groups -OCH3 is 1. The highest BCUT2D eigenvalue weighted by Crippen LogP contribution is 2.23. The summed E-state index contributed by atoms with van der Waals surface area (Å²) >= 11 is 0. The molecule has 2 rings (SSSR count). The monoisotopic (exact) mass is 259 g/mol. The van der Waals surface area contributed by atoms with Gasteiger partial charge in [-0.25, -0.2) is 9.18 Å². The minimum absolute atomic E-state index is 0.0150. The average Bonchev–Trinajstić information content (AvgIpc) is 2.86. The Morgan fingerprint density at radius 2 is 2.26 bits per heavy atom. The van der Waals surface area contributed by atoms with Crippen molar-refractivity contribution >= 4 is 11.7 Å². The number of benzene rings is 1. The zero-order valence-electron chi connectivity index (χ0n) is 10.1. The maximum atomic E-state index is 13.9. The van der Waals surface area contributed by atoms with Gasteiger partial charge in [-0.05, 0) is 24.3 Å². The summed E-state index contributed by atoms with van der Waals surface area (Å²) in [5, 5.41) is 8.93. The highest BCUT2D eigenvalue weighted by atomic mass is 19.1. The second-order valence-corrected chi connectivity index (χ2v) is 3.76. The lowest BCUT2D eigenvalue weighted by atomic mass is 10.1. The zero-order chi connectivity index (χ0) is 14.0. The first-order chi connectivity index (χ1) is 9.08. The summed E-state index contributed by atoms with van der Waals surface area (Å²) in [6.45, 7) is 0. The van der Waals surface area contributed by atoms with Crippen molar-refractivity contribution in [2.75, 3.05) is 12.8 Å². The first-order valence-electron chi connectivity index (χ1n) is 5.33. The predicted molar refractivity (Wildman–Crippen MR) is 66.2 cm³/mol. The van der Waals surface area contributed by atoms with E-state index >= 15 is 0 Å². The number of nitrogen functional groups attached to an aromatic ring is 1. The second-order valence-electron chi connectivity index (χ2n) is 3.76. The molecule has 96 valence electrons. The number of esters is 1. The van der Waals surface area contributed by atoms with Crippen LogP contribution in [0.3, 0.4) is 0 Å². The number of nitriles is 1. The van der Waals surface area contributed by atoms with E-state index in [2.05, 4.69) is 4.74 Å². The summed E-state index contributed by atoms with van der Waals surface area (Å²) in [7, 11) is 1.21. The largest absolute Gasteiger partial charge is 0.465 e. The Kier molecular flexibility index (Phi) is 3.21. The Morgan fingerprint density at radius 1 is 1.53 bits per heavy atom. The quantitative estimate of drug-likeness (QED) is 0.659. The van der Waals surface area contributed by atoms with Gasteiger partial charge in [0.05, 0.1) is 18.4 Å². The molecule has 0 amide bonds. The molecule has 1 heterocycles. The SMILES string of the molecule is COC(=O)c1cc(-n2cccc2C#N)c(F)cc1N. The molecule has 5 nitrogen and oxygen atoms in total. The van der Waals surface area contributed by atoms with E-state index in [4.69, 9.17) is 11.0 Å². The average molecular weight is 259 g/mol. The van der Waals surface area contributed by atoms with Crippen molar-refractivity contribution in [3.63, 3.8) is 0 Å². The van der Waals surface area contributed by atoms with Crippen LogP contribution in [0.1, 0.15) is 16.1 Å². The lowest BCUT2D eigenvalue weighted by Gasteiger charge is -2.10. The van der Waals surface area contributed by atoms with Crippen LogP contribution in [0.4, 0.5) is 10.1 Å². The number of ether oxygens (including phenoxy) is 1. The first-order valence-corrected chi connectivity index (χ1v) is 5.33. The van der Waals surface area contributed by atoms with E-state index in [9.17, 15) is 9.18 Å². The second kappa shape index (κ2) is 4.82. The van der Waals surface area contributed by atoms with Crippen LogP contribution in [0.15, 0.2) is 30.5 Å². The molecule has 0 aliphatic carbocycles. The summed E-state index contributed by atoms with van der Waals surface area (Å²) in [4.78, 5) is 11.5. The Labute approximate surface area is 108 Å². The number of nitrogens with two attached hydrogens (primary N) is 1. The number of nitrogens with zero attached hydrogens (tertiary/aromatic N) is 2. The van der Waals surface area contributed by atoms with Gasteiger partial charge in [0.15, 0.2) is 0 Å². The number of carbonyl (C=O) groups excluding carboxylic acids is 1. The summed E-state index contributed by atoms with van der Waals surface area (Å²) < 4.78 is 19.8. The molecule has 0 radical (unpaired) electrons. The molecular formula is C13H10FN3O2. The standard InChI is InChI=1S/C13H10FN3O2/c1-19-13(18)9-5-12(10(14)6-11(9)16)17-4-2-3-8(17)7-15/h2-6H,16H2,1H3. The number of hydrogen-bond acceptors (Lipinski definition) is 4. The molecule has 19 heavy (non-hydrogen) atoms. The smallest absolute Gasteiger partial charge is 0.340 e. The molecule has 0 aliphatic rings. The Bertz CT molecular complexity index is 686. The third-order valence-corrected chi connectivity index (χ3v) is 2.65. The molecular weight excluding hydrogens is 249 g/mol. The highest BCUT2D eigenvalue weighted by Gasteiger charge is 2.16. The van der Waals surface area contributed by atoms with Crippen molar-refractivity contribution < 1.29 is 13.9 Å². The van der Waals surface area contributed by atoms with Crippen LogP contribution in [-0.2, 0) is 4.74 Å². The summed E-state index contributed by atoms with van der Waals surface area (Å²) in [6.07, 6.45) is 1.52. The van der Waals surface area contributed by atoms with Crippen LogP contribution in [0, 0.1) is 17.1 Å². The van der Waals surface area contributed by atoms with Gasteiger partial charge in [-0.1, -0.05) is 0 Å². The number of halogens is 1. The molecule has 1 aromatic carbocycles. The molecule has 0 unspecified atom stereocenters. The van der Waals surface area contributed by atoms with E-state index in [1.807, 2.05) is 6.07 Å². The van der Waals surface area contributed by atoms with E-state index in [0.717, 1.165) is 6.07 Å². The van der Waals surface area contributed by atoms with E-state index in [0.29, 0.717) is 0 Å². The Balaban J connectivity index is 2.65. The lowest BCUT2D eigenvalue weighted by molar-refractivity contribution is 0.0602. The van der Waals surface area contributed by atoms with Gasteiger partial charge in [0, 0.05) is 11.9 Å². The number of aromatic nitrogens is 1. The summed E-state index contributed by atoms with van der Waals surface area (Å²) in [6, 6.07) is 7.36. The van der Waals surface area contributed by atoms with Gasteiger partial charge >= 0.3 is 5.97 Å². The molecule has 0 saturated heterocycles. The van der Waals surface area contributed by atoms with Gasteiger partial charge in [-0.3, -0.25) is 0 Å². The van der Waals surface area contributed by atoms with Crippen molar-refractivity contribution in [2.24, 2.45) is 0 Å². The number of rotatable bonds is 2. The molecule has 0 aliphatic heterocycles. The molecule has 6 heteroatoms. The van der Waals surface area contributed by atoms with Crippen LogP contribution in [-0.4, -0.2) is 17.6 Å². The fourth-order valence-electron chi connectivity index (χ4n) is 1.73. The van der Waals surface area contributed by atoms with Gasteiger partial charge in [0.25, 0.3) is 0 Å². The van der Waals surface area contributed by atoms with Crippen molar-refractivity contribution in [3.05, 3.63) is 47.5 Å². The first kappa shape index (κ1) is 12.6. The predicted octanol–water partition coefficient (Wildman–Crippen LogP) is 1.86. The lowest BCUT2D eigenvalue weighted by Crippen LogP contribution is -2.09. The molecule has 2 N–H and O–H groups in total. The van der Waals surface area contributed by atoms with Crippen LogP contribution in [0.25, 0.3) is 5.69 Å². The minimum atomic E-state index is -0.663. The highest BCUT2D eigenvalue weighted by molar-refractivity contribution is 5.95. The minimum Gasteiger partial charge on any atom is -0.465 e. The summed E-state index contributed by atoms with van der Waals surface area (Å²) in [5.74, 6) is -1.29. The molecule has 0 atom stereocenters. The summed E-state index contributed by atoms with van der Waals surface area (Å²) in [5.41, 5.74) is 5.93. The number of anilines is 1. The zero-order valence-corrected chi connectivity index (χ0v) is 10.1. The van der Waals surface area contributed by atoms with Crippen LogP contribution in [0.5, 0.6) is 0 Å². The third kappa shape index (κ3) is 2.13. The maximum Gasteiger partial charge on any atom is 0.340 e. The molecule has 1 aromatic heterocycles. The van der Waals surface area contributed by atoms with Gasteiger partial charge in [0.1, 0.15) is 17.6 Å². The third-order valence-electron chi connectivity index (χ3n) is 2.65. The molecule has 0 saturated carbocycles. The van der Waals surface area contributed by atoms with E-state index < -0.39 is 11.8 Å². The van der Waals surface area contributed by atoms with Crippen molar-refractivity contribution in [1.29, 1.82) is 5.26 Å². The van der Waals surface area contributed by atoms with Crippen LogP contribution < -0.4 is 5.73 Å². The molecule has 0 bridgehead atoms. The van der Waals surface area contributed by atoms with Crippen molar-refractivity contribution in [2.45, 2.75) is 0 Å². The fourth-order valence-corrected chi connectivity index (χ4v) is 1.73. The Hall–Kier alpha value is -2.81. The van der Waals surface area contributed by atoms with E-state index in [1.165, 1.54) is 30.0 Å². The Morgan fingerprint density at radius 3 is 2.89 bits per heavy atom.